The molecule has 0 bridgehead atoms. The molecular weight excluding hydrogens is 547 g/mol. The third-order valence-electron chi connectivity index (χ3n) is 5.99. The van der Waals surface area contributed by atoms with Crippen molar-refractivity contribution < 1.29 is 28.2 Å². The van der Waals surface area contributed by atoms with Gasteiger partial charge in [0.15, 0.2) is 17.7 Å². The molecule has 3 aromatic rings. The fraction of sp³-hybridized carbons (Fsp3) is 0.414. The molecule has 0 aliphatic heterocycles. The van der Waals surface area contributed by atoms with E-state index < -0.39 is 29.5 Å². The second-order valence-electron chi connectivity index (χ2n) is 10.5. The highest BCUT2D eigenvalue weighted by molar-refractivity contribution is 5.95. The number of allylic oxidation sites excluding steroid dienone is 1. The standard InChI is InChI=1S/C29H37FN6O6/c1-18(2)17-41-26-20(30)15-31-22-14-19(32-25(22)26)16-36-13-9-10-21(28(36)39)33-27(38)23(42-29(40)35(5)6)11-7-8-12-24(37)34(3)4/h8-10,12-15,18,23,32H,7,11,16-17H2,1-6H3,(H,33,38)/b12-8+/t23-/m0/s1. The number of amides is 3. The van der Waals surface area contributed by atoms with Crippen molar-refractivity contribution in [1.82, 2.24) is 24.3 Å². The van der Waals surface area contributed by atoms with E-state index in [0.29, 0.717) is 23.3 Å². The number of hydrogen-bond acceptors (Lipinski definition) is 7. The zero-order valence-electron chi connectivity index (χ0n) is 24.6. The van der Waals surface area contributed by atoms with Gasteiger partial charge < -0.3 is 34.1 Å². The smallest absolute Gasteiger partial charge is 0.410 e. The number of H-pyrrole nitrogens is 1. The van der Waals surface area contributed by atoms with Crippen LogP contribution < -0.4 is 15.6 Å². The highest BCUT2D eigenvalue weighted by atomic mass is 19.1. The minimum absolute atomic E-state index is 0.0204. The van der Waals surface area contributed by atoms with Crippen LogP contribution in [0.2, 0.25) is 0 Å². The number of ether oxygens (including phenoxy) is 2. The molecule has 3 rings (SSSR count). The molecule has 3 amide bonds. The van der Waals surface area contributed by atoms with E-state index in [0.717, 1.165) is 6.20 Å². The van der Waals surface area contributed by atoms with Crippen molar-refractivity contribution in [3.63, 3.8) is 0 Å². The van der Waals surface area contributed by atoms with E-state index in [2.05, 4.69) is 15.3 Å². The number of fused-ring (bicyclic) bond motifs is 1. The molecule has 226 valence electrons. The van der Waals surface area contributed by atoms with Crippen LogP contribution in [0, 0.1) is 11.7 Å². The molecule has 2 N–H and O–H groups in total. The quantitative estimate of drug-likeness (QED) is 0.311. The lowest BCUT2D eigenvalue weighted by atomic mass is 10.1. The van der Waals surface area contributed by atoms with E-state index in [9.17, 15) is 23.6 Å². The average molecular weight is 585 g/mol. The summed E-state index contributed by atoms with van der Waals surface area (Å²) in [7, 11) is 6.19. The van der Waals surface area contributed by atoms with Gasteiger partial charge in [-0.15, -0.1) is 0 Å². The lowest BCUT2D eigenvalue weighted by Crippen LogP contribution is -2.37. The van der Waals surface area contributed by atoms with Gasteiger partial charge in [-0.1, -0.05) is 19.9 Å². The summed E-state index contributed by atoms with van der Waals surface area (Å²) in [6.45, 7) is 4.30. The number of pyridine rings is 2. The fourth-order valence-corrected chi connectivity index (χ4v) is 3.76. The van der Waals surface area contributed by atoms with E-state index in [4.69, 9.17) is 9.47 Å². The molecule has 0 aromatic carbocycles. The van der Waals surface area contributed by atoms with Crippen LogP contribution in [0.5, 0.6) is 5.75 Å². The first-order chi connectivity index (χ1) is 19.9. The fourth-order valence-electron chi connectivity index (χ4n) is 3.76. The lowest BCUT2D eigenvalue weighted by molar-refractivity contribution is -0.125. The molecular formula is C29H37FN6O6. The molecule has 0 fully saturated rings. The number of aromatic nitrogens is 3. The molecule has 0 saturated heterocycles. The minimum Gasteiger partial charge on any atom is -0.488 e. The molecule has 13 heteroatoms. The van der Waals surface area contributed by atoms with Crippen molar-refractivity contribution in [2.45, 2.75) is 39.3 Å². The van der Waals surface area contributed by atoms with Gasteiger partial charge in [-0.3, -0.25) is 19.4 Å². The third-order valence-corrected chi connectivity index (χ3v) is 5.99. The lowest BCUT2D eigenvalue weighted by Gasteiger charge is -2.19. The van der Waals surface area contributed by atoms with Gasteiger partial charge in [0.25, 0.3) is 11.5 Å². The first kappa shape index (κ1) is 31.8. The first-order valence-electron chi connectivity index (χ1n) is 13.4. The summed E-state index contributed by atoms with van der Waals surface area (Å²) in [5, 5.41) is 2.56. The molecule has 3 aromatic heterocycles. The van der Waals surface area contributed by atoms with Gasteiger partial charge in [0.05, 0.1) is 24.9 Å². The molecule has 0 saturated carbocycles. The van der Waals surface area contributed by atoms with Gasteiger partial charge in [-0.2, -0.15) is 0 Å². The predicted octanol–water partition coefficient (Wildman–Crippen LogP) is 3.38. The number of carbonyl (C=O) groups is 3. The Hall–Kier alpha value is -4.68. The van der Waals surface area contributed by atoms with Crippen LogP contribution in [-0.4, -0.2) is 83.1 Å². The van der Waals surface area contributed by atoms with Gasteiger partial charge in [0, 0.05) is 40.1 Å². The van der Waals surface area contributed by atoms with Gasteiger partial charge in [0.2, 0.25) is 5.91 Å². The molecule has 1 atom stereocenters. The molecule has 3 heterocycles. The predicted molar refractivity (Wildman–Crippen MR) is 156 cm³/mol. The van der Waals surface area contributed by atoms with Gasteiger partial charge in [-0.25, -0.2) is 9.18 Å². The van der Waals surface area contributed by atoms with E-state index >= 15 is 0 Å². The van der Waals surface area contributed by atoms with Crippen molar-refractivity contribution in [3.8, 4) is 5.75 Å². The highest BCUT2D eigenvalue weighted by Crippen LogP contribution is 2.28. The number of likely N-dealkylation sites (N-methyl/N-ethyl adjacent to an activating group) is 1. The van der Waals surface area contributed by atoms with Gasteiger partial charge in [0.1, 0.15) is 11.2 Å². The minimum atomic E-state index is -1.22. The number of rotatable bonds is 12. The molecule has 0 aliphatic rings. The van der Waals surface area contributed by atoms with Gasteiger partial charge in [-0.05, 0) is 43.0 Å². The Kier molecular flexibility index (Phi) is 10.8. The SMILES string of the molecule is CC(C)COc1c(F)cnc2cc(Cn3cccc(NC(=O)[C@H](CC/C=C/C(=O)N(C)C)OC(=O)N(C)C)c3=O)[nH]c12. The maximum atomic E-state index is 14.4. The number of anilines is 1. The summed E-state index contributed by atoms with van der Waals surface area (Å²) in [4.78, 5) is 60.1. The van der Waals surface area contributed by atoms with E-state index in [1.54, 1.807) is 38.5 Å². The summed E-state index contributed by atoms with van der Waals surface area (Å²) in [6.07, 6.45) is 4.00. The third kappa shape index (κ3) is 8.41. The molecule has 12 nitrogen and oxygen atoms in total. The topological polar surface area (TPSA) is 139 Å². The molecule has 0 aliphatic carbocycles. The number of nitrogens with one attached hydrogen (secondary N) is 2. The van der Waals surface area contributed by atoms with E-state index in [-0.39, 0.29) is 42.6 Å². The summed E-state index contributed by atoms with van der Waals surface area (Å²) < 4.78 is 26.8. The Morgan fingerprint density at radius 3 is 2.60 bits per heavy atom. The highest BCUT2D eigenvalue weighted by Gasteiger charge is 2.24. The largest absolute Gasteiger partial charge is 0.488 e. The van der Waals surface area contributed by atoms with E-state index in [1.807, 2.05) is 13.8 Å². The Labute approximate surface area is 243 Å². The Bertz CT molecular complexity index is 1510. The van der Waals surface area contributed by atoms with Gasteiger partial charge >= 0.3 is 6.09 Å². The van der Waals surface area contributed by atoms with Crippen LogP contribution in [0.25, 0.3) is 11.0 Å². The van der Waals surface area contributed by atoms with Crippen LogP contribution >= 0.6 is 0 Å². The van der Waals surface area contributed by atoms with E-state index in [1.165, 1.54) is 40.6 Å². The Morgan fingerprint density at radius 1 is 1.19 bits per heavy atom. The maximum absolute atomic E-state index is 14.4. The van der Waals surface area contributed by atoms with Crippen LogP contribution in [0.4, 0.5) is 14.9 Å². The number of halogens is 1. The zero-order chi connectivity index (χ0) is 31.0. The van der Waals surface area contributed by atoms with Crippen LogP contribution in [0.3, 0.4) is 0 Å². The summed E-state index contributed by atoms with van der Waals surface area (Å²) in [5.74, 6) is -1.26. The normalized spacial score (nSPS) is 12.0. The first-order valence-corrected chi connectivity index (χ1v) is 13.4. The number of hydrogen-bond donors (Lipinski definition) is 2. The second kappa shape index (κ2) is 14.3. The van der Waals surface area contributed by atoms with Crippen LogP contribution in [-0.2, 0) is 20.9 Å². The Morgan fingerprint density at radius 2 is 1.93 bits per heavy atom. The Balaban J connectivity index is 1.78. The van der Waals surface area contributed by atoms with Crippen LogP contribution in [0.1, 0.15) is 32.4 Å². The maximum Gasteiger partial charge on any atom is 0.410 e. The zero-order valence-corrected chi connectivity index (χ0v) is 24.6. The van der Waals surface area contributed by atoms with Crippen molar-refractivity contribution in [1.29, 1.82) is 0 Å². The summed E-state index contributed by atoms with van der Waals surface area (Å²) in [6, 6.07) is 4.72. The van der Waals surface area contributed by atoms with Crippen molar-refractivity contribution in [2.75, 3.05) is 40.1 Å². The summed E-state index contributed by atoms with van der Waals surface area (Å²) in [5.41, 5.74) is 0.909. The van der Waals surface area contributed by atoms with Crippen molar-refractivity contribution >= 4 is 34.6 Å². The molecule has 0 radical (unpaired) electrons. The monoisotopic (exact) mass is 584 g/mol. The number of nitrogens with zero attached hydrogens (tertiary/aromatic N) is 4. The molecule has 0 unspecified atom stereocenters. The second-order valence-corrected chi connectivity index (χ2v) is 10.5. The van der Waals surface area contributed by atoms with Crippen molar-refractivity contribution in [2.24, 2.45) is 5.92 Å². The average Bonchev–Trinajstić information content (AvgIpc) is 3.34. The number of carbonyl (C=O) groups excluding carboxylic acids is 3. The van der Waals surface area contributed by atoms with Crippen LogP contribution in [0.15, 0.2) is 47.5 Å². The number of aromatic amines is 1. The molecule has 0 spiro atoms. The summed E-state index contributed by atoms with van der Waals surface area (Å²) >= 11 is 0. The molecule has 42 heavy (non-hydrogen) atoms. The van der Waals surface area contributed by atoms with Crippen molar-refractivity contribution in [3.05, 3.63) is 64.6 Å².